The lowest BCUT2D eigenvalue weighted by atomic mass is 10.2. The van der Waals surface area contributed by atoms with Crippen LogP contribution in [0.5, 0.6) is 5.75 Å². The largest absolute Gasteiger partial charge is 0.492 e. The lowest BCUT2D eigenvalue weighted by Gasteiger charge is -2.36. The highest BCUT2D eigenvalue weighted by molar-refractivity contribution is 6.31. The van der Waals surface area contributed by atoms with E-state index in [2.05, 4.69) is 26.3 Å². The highest BCUT2D eigenvalue weighted by Crippen LogP contribution is 2.28. The van der Waals surface area contributed by atoms with Crippen molar-refractivity contribution < 1.29 is 9.53 Å². The predicted molar refractivity (Wildman–Crippen MR) is 128 cm³/mol. The van der Waals surface area contributed by atoms with Crippen molar-refractivity contribution in [1.29, 1.82) is 0 Å². The molecule has 1 N–H and O–H groups in total. The summed E-state index contributed by atoms with van der Waals surface area (Å²) in [5.41, 5.74) is 2.07. The molecule has 1 fully saturated rings. The van der Waals surface area contributed by atoms with Gasteiger partial charge in [0.05, 0.1) is 31.6 Å². The first kappa shape index (κ1) is 22.2. The number of benzene rings is 2. The number of rotatable bonds is 8. The van der Waals surface area contributed by atoms with Crippen LogP contribution in [0.1, 0.15) is 12.5 Å². The van der Waals surface area contributed by atoms with Crippen LogP contribution < -0.4 is 15.0 Å². The van der Waals surface area contributed by atoms with Crippen LogP contribution in [0.15, 0.2) is 60.8 Å². The van der Waals surface area contributed by atoms with Crippen LogP contribution in [0.4, 0.5) is 11.5 Å². The van der Waals surface area contributed by atoms with Gasteiger partial charge in [0.15, 0.2) is 0 Å². The molecule has 2 aromatic carbocycles. The van der Waals surface area contributed by atoms with E-state index in [0.717, 1.165) is 43.2 Å². The molecule has 1 aliphatic heterocycles. The number of carbonyl (C=O) groups excluding carboxylic acids is 1. The Morgan fingerprint density at radius 3 is 2.59 bits per heavy atom. The van der Waals surface area contributed by atoms with E-state index in [0.29, 0.717) is 30.5 Å². The number of ether oxygens (including phenoxy) is 1. The summed E-state index contributed by atoms with van der Waals surface area (Å²) in [6, 6.07) is 17.6. The number of halogens is 1. The monoisotopic (exact) mass is 453 g/mol. The first-order chi connectivity index (χ1) is 15.6. The molecule has 168 valence electrons. The summed E-state index contributed by atoms with van der Waals surface area (Å²) < 4.78 is 7.52. The minimum Gasteiger partial charge on any atom is -0.492 e. The number of aromatic nitrogens is 2. The Balaban J connectivity index is 1.30. The molecular formula is C24H28ClN5O2. The minimum atomic E-state index is -0.0472. The minimum absolute atomic E-state index is 0.0472. The number of amides is 1. The molecule has 1 aliphatic rings. The van der Waals surface area contributed by atoms with Gasteiger partial charge in [-0.1, -0.05) is 41.9 Å². The average Bonchev–Trinajstić information content (AvgIpc) is 3.23. The van der Waals surface area contributed by atoms with Crippen LogP contribution >= 0.6 is 11.6 Å². The fourth-order valence-corrected chi connectivity index (χ4v) is 4.08. The first-order valence-electron chi connectivity index (χ1n) is 10.9. The summed E-state index contributed by atoms with van der Waals surface area (Å²) in [6.07, 6.45) is 1.68. The van der Waals surface area contributed by atoms with E-state index in [9.17, 15) is 4.79 Å². The van der Waals surface area contributed by atoms with Crippen LogP contribution in [0.3, 0.4) is 0 Å². The van der Waals surface area contributed by atoms with Crippen molar-refractivity contribution in [3.8, 4) is 5.75 Å². The third-order valence-corrected chi connectivity index (χ3v) is 5.88. The first-order valence-corrected chi connectivity index (χ1v) is 11.3. The van der Waals surface area contributed by atoms with Gasteiger partial charge >= 0.3 is 0 Å². The lowest BCUT2D eigenvalue weighted by Crippen LogP contribution is -2.48. The van der Waals surface area contributed by atoms with Crippen molar-refractivity contribution in [2.75, 3.05) is 49.5 Å². The number of hydrogen-bond donors (Lipinski definition) is 1. The Morgan fingerprint density at radius 2 is 1.81 bits per heavy atom. The molecule has 1 amide bonds. The second-order valence-electron chi connectivity index (χ2n) is 7.68. The van der Waals surface area contributed by atoms with Crippen molar-refractivity contribution in [3.05, 3.63) is 71.4 Å². The molecule has 1 aromatic heterocycles. The normalized spacial score (nSPS) is 14.4. The van der Waals surface area contributed by atoms with Crippen LogP contribution in [0, 0.1) is 0 Å². The van der Waals surface area contributed by atoms with Gasteiger partial charge in [0, 0.05) is 37.3 Å². The molecule has 0 atom stereocenters. The van der Waals surface area contributed by atoms with Crippen molar-refractivity contribution >= 4 is 29.0 Å². The molecule has 0 radical (unpaired) electrons. The van der Waals surface area contributed by atoms with Crippen LogP contribution in [0.25, 0.3) is 0 Å². The zero-order chi connectivity index (χ0) is 22.3. The number of para-hydroxylation sites is 2. The highest BCUT2D eigenvalue weighted by atomic mass is 35.5. The number of carbonyl (C=O) groups is 1. The van der Waals surface area contributed by atoms with Crippen molar-refractivity contribution in [2.45, 2.75) is 13.5 Å². The van der Waals surface area contributed by atoms with Gasteiger partial charge < -0.3 is 15.0 Å². The Bertz CT molecular complexity index is 1050. The SMILES string of the molecule is CCOc1ccccc1N1CCN(CC(=O)Nc2ccnn2Cc2ccccc2Cl)CC1. The van der Waals surface area contributed by atoms with Gasteiger partial charge in [-0.25, -0.2) is 4.68 Å². The molecule has 4 rings (SSSR count). The number of anilines is 2. The molecule has 0 aliphatic carbocycles. The molecule has 3 aromatic rings. The second-order valence-corrected chi connectivity index (χ2v) is 8.08. The maximum absolute atomic E-state index is 12.7. The second kappa shape index (κ2) is 10.5. The Morgan fingerprint density at radius 1 is 1.06 bits per heavy atom. The Hall–Kier alpha value is -3.03. The molecule has 2 heterocycles. The lowest BCUT2D eigenvalue weighted by molar-refractivity contribution is -0.117. The van der Waals surface area contributed by atoms with Gasteiger partial charge in [0.1, 0.15) is 11.6 Å². The summed E-state index contributed by atoms with van der Waals surface area (Å²) in [7, 11) is 0. The van der Waals surface area contributed by atoms with Crippen molar-refractivity contribution in [2.24, 2.45) is 0 Å². The van der Waals surface area contributed by atoms with E-state index in [1.54, 1.807) is 16.9 Å². The molecule has 0 saturated carbocycles. The molecular weight excluding hydrogens is 426 g/mol. The van der Waals surface area contributed by atoms with E-state index in [4.69, 9.17) is 16.3 Å². The van der Waals surface area contributed by atoms with Crippen LogP contribution in [-0.2, 0) is 11.3 Å². The number of piperazine rings is 1. The fourth-order valence-electron chi connectivity index (χ4n) is 3.88. The maximum atomic E-state index is 12.7. The Kier molecular flexibility index (Phi) is 7.29. The van der Waals surface area contributed by atoms with Gasteiger partial charge in [-0.3, -0.25) is 9.69 Å². The van der Waals surface area contributed by atoms with E-state index >= 15 is 0 Å². The van der Waals surface area contributed by atoms with Gasteiger partial charge in [0.25, 0.3) is 0 Å². The molecule has 1 saturated heterocycles. The van der Waals surface area contributed by atoms with Gasteiger partial charge in [0.2, 0.25) is 5.91 Å². The zero-order valence-electron chi connectivity index (χ0n) is 18.2. The van der Waals surface area contributed by atoms with Crippen molar-refractivity contribution in [1.82, 2.24) is 14.7 Å². The summed E-state index contributed by atoms with van der Waals surface area (Å²) >= 11 is 6.26. The smallest absolute Gasteiger partial charge is 0.239 e. The average molecular weight is 454 g/mol. The quantitative estimate of drug-likeness (QED) is 0.563. The highest BCUT2D eigenvalue weighted by Gasteiger charge is 2.21. The number of nitrogens with one attached hydrogen (secondary N) is 1. The summed E-state index contributed by atoms with van der Waals surface area (Å²) in [6.45, 7) is 6.81. The fraction of sp³-hybridized carbons (Fsp3) is 0.333. The third kappa shape index (κ3) is 5.41. The number of hydrogen-bond acceptors (Lipinski definition) is 5. The van der Waals surface area contributed by atoms with E-state index < -0.39 is 0 Å². The summed E-state index contributed by atoms with van der Waals surface area (Å²) in [4.78, 5) is 17.2. The van der Waals surface area contributed by atoms with Crippen LogP contribution in [-0.4, -0.2) is 59.9 Å². The molecule has 0 spiro atoms. The van der Waals surface area contributed by atoms with Gasteiger partial charge in [-0.15, -0.1) is 0 Å². The van der Waals surface area contributed by atoms with Crippen LogP contribution in [0.2, 0.25) is 5.02 Å². The van der Waals surface area contributed by atoms with E-state index in [1.807, 2.05) is 49.4 Å². The molecule has 0 bridgehead atoms. The Labute approximate surface area is 193 Å². The van der Waals surface area contributed by atoms with Gasteiger partial charge in [-0.2, -0.15) is 5.10 Å². The maximum Gasteiger partial charge on any atom is 0.239 e. The summed E-state index contributed by atoms with van der Waals surface area (Å²) in [5.74, 6) is 1.53. The topological polar surface area (TPSA) is 62.6 Å². The molecule has 7 nitrogen and oxygen atoms in total. The predicted octanol–water partition coefficient (Wildman–Crippen LogP) is 3.74. The van der Waals surface area contributed by atoms with Crippen molar-refractivity contribution in [3.63, 3.8) is 0 Å². The van der Waals surface area contributed by atoms with E-state index in [1.165, 1.54) is 0 Å². The third-order valence-electron chi connectivity index (χ3n) is 5.51. The number of nitrogens with zero attached hydrogens (tertiary/aromatic N) is 4. The van der Waals surface area contributed by atoms with Gasteiger partial charge in [-0.05, 0) is 30.7 Å². The standard InChI is InChI=1S/C24H28ClN5O2/c1-2-32-22-10-6-5-9-21(22)29-15-13-28(14-16-29)18-24(31)27-23-11-12-26-30(23)17-19-7-3-4-8-20(19)25/h3-12H,2,13-18H2,1H3,(H,27,31). The van der Waals surface area contributed by atoms with E-state index in [-0.39, 0.29) is 5.91 Å². The zero-order valence-corrected chi connectivity index (χ0v) is 19.0. The molecule has 8 heteroatoms. The summed E-state index contributed by atoms with van der Waals surface area (Å²) in [5, 5.41) is 8.00. The molecule has 0 unspecified atom stereocenters. The molecule has 32 heavy (non-hydrogen) atoms.